The van der Waals surface area contributed by atoms with Gasteiger partial charge in [0.05, 0.1) is 34.9 Å². The summed E-state index contributed by atoms with van der Waals surface area (Å²) in [6, 6.07) is 51.9. The molecule has 0 atom stereocenters. The van der Waals surface area contributed by atoms with E-state index in [9.17, 15) is 15.8 Å². The molecule has 0 saturated carbocycles. The van der Waals surface area contributed by atoms with Gasteiger partial charge in [-0.3, -0.25) is 0 Å². The molecule has 270 valence electrons. The van der Waals surface area contributed by atoms with Crippen molar-refractivity contribution in [3.8, 4) is 30.6 Å². The third kappa shape index (κ3) is 5.49. The first-order valence-corrected chi connectivity index (χ1v) is 19.3. The van der Waals surface area contributed by atoms with Gasteiger partial charge in [-0.2, -0.15) is 15.8 Å². The zero-order valence-electron chi connectivity index (χ0n) is 32.7. The van der Waals surface area contributed by atoms with E-state index >= 15 is 0 Å². The molecule has 0 bridgehead atoms. The molecular weight excluding hydrogens is 704 g/mol. The van der Waals surface area contributed by atoms with Crippen molar-refractivity contribution in [3.05, 3.63) is 178 Å². The van der Waals surface area contributed by atoms with Crippen LogP contribution in [0.3, 0.4) is 0 Å². The molecule has 0 aliphatic carbocycles. The highest BCUT2D eigenvalue weighted by Crippen LogP contribution is 2.39. The highest BCUT2D eigenvalue weighted by atomic mass is 15.2. The predicted octanol–water partition coefficient (Wildman–Crippen LogP) is 7.12. The normalized spacial score (nSPS) is 12.3. The van der Waals surface area contributed by atoms with Crippen LogP contribution in [0.15, 0.2) is 133 Å². The van der Waals surface area contributed by atoms with E-state index in [0.29, 0.717) is 16.7 Å². The molecule has 2 aliphatic heterocycles. The van der Waals surface area contributed by atoms with Crippen LogP contribution >= 0.6 is 0 Å². The van der Waals surface area contributed by atoms with Gasteiger partial charge in [0.1, 0.15) is 0 Å². The molecule has 7 aromatic rings. The number of terminal acetylenes is 1. The van der Waals surface area contributed by atoms with E-state index in [2.05, 4.69) is 116 Å². The number of rotatable bonds is 4. The summed E-state index contributed by atoms with van der Waals surface area (Å²) in [7, 11) is 0. The van der Waals surface area contributed by atoms with Crippen LogP contribution in [0.2, 0.25) is 0 Å². The molecule has 0 aromatic heterocycles. The van der Waals surface area contributed by atoms with Gasteiger partial charge < -0.3 is 9.80 Å². The highest BCUT2D eigenvalue weighted by Gasteiger charge is 2.41. The molecule has 9 rings (SSSR count). The summed E-state index contributed by atoms with van der Waals surface area (Å²) in [4.78, 5) is 4.52. The van der Waals surface area contributed by atoms with Gasteiger partial charge in [0.15, 0.2) is 0 Å². The largest absolute Gasteiger partial charge is 0.312 e. The van der Waals surface area contributed by atoms with Crippen molar-refractivity contribution in [1.82, 2.24) is 0 Å². The van der Waals surface area contributed by atoms with Crippen molar-refractivity contribution in [2.45, 2.75) is 27.7 Å². The number of benzene rings is 7. The minimum absolute atomic E-state index is 0.229. The molecule has 2 aliphatic rings. The topological polar surface area (TPSA) is 77.8 Å². The average molecular weight is 739 g/mol. The minimum Gasteiger partial charge on any atom is -0.312 e. The fourth-order valence-corrected chi connectivity index (χ4v) is 9.42. The smallest absolute Gasteiger partial charge is 0.247 e. The number of nitrogens with zero attached hydrogens (tertiary/aromatic N) is 5. The summed E-state index contributed by atoms with van der Waals surface area (Å²) in [6.07, 6.45) is 6.08. The van der Waals surface area contributed by atoms with Crippen LogP contribution in [-0.4, -0.2) is 13.4 Å². The first kappa shape index (κ1) is 36.0. The molecule has 0 fully saturated rings. The second-order valence-electron chi connectivity index (χ2n) is 15.1. The van der Waals surface area contributed by atoms with Gasteiger partial charge in [0, 0.05) is 39.7 Å². The first-order valence-electron chi connectivity index (χ1n) is 19.3. The Kier molecular flexibility index (Phi) is 8.75. The molecule has 2 heterocycles. The Morgan fingerprint density at radius 2 is 0.707 bits per heavy atom. The quantitative estimate of drug-likeness (QED) is 0.142. The third-order valence-electron chi connectivity index (χ3n) is 12.2. The van der Waals surface area contributed by atoms with Gasteiger partial charge in [0.25, 0.3) is 0 Å². The van der Waals surface area contributed by atoms with E-state index in [4.69, 9.17) is 6.42 Å². The lowest BCUT2D eigenvalue weighted by molar-refractivity contribution is 1.27. The summed E-state index contributed by atoms with van der Waals surface area (Å²) in [5, 5.41) is 30.7. The lowest BCUT2D eigenvalue weighted by Gasteiger charge is -2.40. The van der Waals surface area contributed by atoms with Crippen molar-refractivity contribution in [3.63, 3.8) is 0 Å². The molecule has 0 N–H and O–H groups in total. The van der Waals surface area contributed by atoms with Crippen LogP contribution in [0.4, 0.5) is 34.1 Å². The summed E-state index contributed by atoms with van der Waals surface area (Å²) in [6.45, 7) is 8.33. The van der Waals surface area contributed by atoms with E-state index in [-0.39, 0.29) is 13.4 Å². The van der Waals surface area contributed by atoms with E-state index in [1.807, 2.05) is 78.9 Å². The van der Waals surface area contributed by atoms with Gasteiger partial charge in [-0.1, -0.05) is 75.5 Å². The molecule has 0 spiro atoms. The third-order valence-corrected chi connectivity index (χ3v) is 12.2. The van der Waals surface area contributed by atoms with Gasteiger partial charge in [-0.05, 0) is 147 Å². The second-order valence-corrected chi connectivity index (χ2v) is 15.1. The van der Waals surface area contributed by atoms with Gasteiger partial charge in [-0.25, -0.2) is 0 Å². The number of hydrogen-bond acceptors (Lipinski definition) is 5. The van der Waals surface area contributed by atoms with Crippen molar-refractivity contribution in [1.29, 1.82) is 15.8 Å². The molecule has 0 unspecified atom stereocenters. The van der Waals surface area contributed by atoms with Crippen LogP contribution in [0, 0.1) is 74.0 Å². The molecule has 0 radical (unpaired) electrons. The van der Waals surface area contributed by atoms with E-state index < -0.39 is 0 Å². The van der Waals surface area contributed by atoms with E-state index in [1.165, 1.54) is 5.46 Å². The highest BCUT2D eigenvalue weighted by molar-refractivity contribution is 7.00. The molecular formula is C51H35B2N5. The van der Waals surface area contributed by atoms with E-state index in [0.717, 1.165) is 89.3 Å². The van der Waals surface area contributed by atoms with E-state index in [1.54, 1.807) is 0 Å². The predicted molar refractivity (Wildman–Crippen MR) is 239 cm³/mol. The van der Waals surface area contributed by atoms with Crippen molar-refractivity contribution in [2.24, 2.45) is 0 Å². The Hall–Kier alpha value is -7.70. The number of anilines is 6. The Morgan fingerprint density at radius 1 is 0.414 bits per heavy atom. The molecule has 0 amide bonds. The second kappa shape index (κ2) is 14.1. The van der Waals surface area contributed by atoms with Crippen molar-refractivity contribution >= 4 is 80.3 Å². The SMILES string of the molecule is C#Cc1ccc2c(c1)B(c1c(C)c(C)c(B3c4cc(C#N)ccc4N(c4ccccc4)c4ccc(C#N)cc43)c(C)c1C)c1cc(C#N)ccc1N2c1ccccc1. The Balaban J connectivity index is 1.33. The van der Waals surface area contributed by atoms with Gasteiger partial charge >= 0.3 is 0 Å². The van der Waals surface area contributed by atoms with Crippen LogP contribution < -0.4 is 42.6 Å². The maximum atomic E-state index is 10.2. The fraction of sp³-hybridized carbons (Fsp3) is 0.0784. The summed E-state index contributed by atoms with van der Waals surface area (Å²) in [5.74, 6) is 2.89. The Bertz CT molecular complexity index is 2650. The molecule has 58 heavy (non-hydrogen) atoms. The number of fused-ring (bicyclic) bond motifs is 4. The maximum Gasteiger partial charge on any atom is 0.247 e. The number of nitriles is 3. The first-order chi connectivity index (χ1) is 28.3. The van der Waals surface area contributed by atoms with Crippen molar-refractivity contribution in [2.75, 3.05) is 9.80 Å². The number of para-hydroxylation sites is 2. The zero-order chi connectivity index (χ0) is 40.2. The average Bonchev–Trinajstić information content (AvgIpc) is 3.27. The Morgan fingerprint density at radius 3 is 1.00 bits per heavy atom. The van der Waals surface area contributed by atoms with Gasteiger partial charge in [-0.15, -0.1) is 6.42 Å². The summed E-state index contributed by atoms with van der Waals surface area (Å²) in [5.41, 5.74) is 19.6. The van der Waals surface area contributed by atoms with Crippen molar-refractivity contribution < 1.29 is 0 Å². The standard InChI is InChI=1S/C51H35B2N5/c1-6-36-17-21-46-42(25-36)52(43-26-37(29-54)18-22-47(43)57(46)40-13-9-7-10-14-40)50-32(2)34(4)51(35(5)33(50)3)53-44-27-38(30-55)19-23-48(44)58(41-15-11-8-12-16-41)49-24-20-39(31-56)28-45(49)53/h1,7-28H,2-5H3. The van der Waals surface area contributed by atoms with Crippen LogP contribution in [0.5, 0.6) is 0 Å². The monoisotopic (exact) mass is 739 g/mol. The molecule has 0 saturated heterocycles. The fourth-order valence-electron chi connectivity index (χ4n) is 9.42. The van der Waals surface area contributed by atoms with Crippen LogP contribution in [0.1, 0.15) is 44.5 Å². The summed E-state index contributed by atoms with van der Waals surface area (Å²) < 4.78 is 0. The molecule has 7 aromatic carbocycles. The molecule has 5 nitrogen and oxygen atoms in total. The lowest BCUT2D eigenvalue weighted by atomic mass is 9.30. The zero-order valence-corrected chi connectivity index (χ0v) is 32.7. The van der Waals surface area contributed by atoms with Gasteiger partial charge in [0.2, 0.25) is 13.4 Å². The summed E-state index contributed by atoms with van der Waals surface area (Å²) >= 11 is 0. The maximum absolute atomic E-state index is 10.2. The van der Waals surface area contributed by atoms with Crippen LogP contribution in [0.25, 0.3) is 0 Å². The number of hydrogen-bond donors (Lipinski definition) is 0. The van der Waals surface area contributed by atoms with Crippen LogP contribution in [-0.2, 0) is 0 Å². The lowest BCUT2D eigenvalue weighted by Crippen LogP contribution is -2.62. The minimum atomic E-state index is -0.268. The Labute approximate surface area is 340 Å². The molecule has 7 heteroatoms.